The standard InChI is InChI=1S/C31H33NO9/c1-12-7-6-8-29(2,3)30(12)11-13-18-20(16(34)10-17(40-4)23(18)30)24(35)22-19(13)25(41-5)14-9-15(33)21(28(32)38)26(36)31(14,39)27(22)37/h7,10,14,25,34-36,39H,6,8-9,11H2,1-5H3,(H2,32,38)/t14-,25-,30+,31-/m1/s1. The minimum atomic E-state index is -2.77. The summed E-state index contributed by atoms with van der Waals surface area (Å²) in [5.74, 6) is -6.20. The van der Waals surface area contributed by atoms with Gasteiger partial charge in [-0.1, -0.05) is 25.5 Å². The van der Waals surface area contributed by atoms with Crippen LogP contribution < -0.4 is 10.5 Å². The van der Waals surface area contributed by atoms with Gasteiger partial charge < -0.3 is 35.6 Å². The smallest absolute Gasteiger partial charge is 0.255 e. The summed E-state index contributed by atoms with van der Waals surface area (Å²) < 4.78 is 11.7. The first-order valence-electron chi connectivity index (χ1n) is 13.6. The molecule has 0 saturated carbocycles. The van der Waals surface area contributed by atoms with Crippen LogP contribution in [0, 0.1) is 11.3 Å². The Labute approximate surface area is 236 Å². The number of phenols is 2. The molecule has 10 nitrogen and oxygen atoms in total. The lowest BCUT2D eigenvalue weighted by Crippen LogP contribution is -2.58. The van der Waals surface area contributed by atoms with Crippen LogP contribution in [0.4, 0.5) is 0 Å². The molecule has 0 aromatic heterocycles. The fraction of sp³-hybridized carbons (Fsp3) is 0.452. The van der Waals surface area contributed by atoms with E-state index in [1.807, 2.05) is 6.92 Å². The number of allylic oxidation sites excluding steroid dienone is 2. The number of hydrogen-bond donors (Lipinski definition) is 5. The van der Waals surface area contributed by atoms with Crippen molar-refractivity contribution in [3.05, 3.63) is 51.3 Å². The number of nitrogens with two attached hydrogens (primary N) is 1. The number of aromatic hydroxyl groups is 2. The van der Waals surface area contributed by atoms with Gasteiger partial charge in [0.25, 0.3) is 5.91 Å². The van der Waals surface area contributed by atoms with Gasteiger partial charge in [-0.25, -0.2) is 0 Å². The Hall–Kier alpha value is -3.89. The Morgan fingerprint density at radius 2 is 1.80 bits per heavy atom. The Morgan fingerprint density at radius 1 is 1.12 bits per heavy atom. The van der Waals surface area contributed by atoms with E-state index in [1.165, 1.54) is 20.3 Å². The van der Waals surface area contributed by atoms with Crippen LogP contribution in [0.25, 0.3) is 10.8 Å². The molecule has 0 bridgehead atoms. The van der Waals surface area contributed by atoms with Crippen LogP contribution in [-0.2, 0) is 26.2 Å². The van der Waals surface area contributed by atoms with Crippen molar-refractivity contribution in [1.82, 2.24) is 0 Å². The van der Waals surface area contributed by atoms with Crippen LogP contribution in [0.5, 0.6) is 17.2 Å². The van der Waals surface area contributed by atoms with E-state index in [9.17, 15) is 34.8 Å². The predicted octanol–water partition coefficient (Wildman–Crippen LogP) is 3.32. The van der Waals surface area contributed by atoms with Gasteiger partial charge in [0.1, 0.15) is 28.6 Å². The number of benzene rings is 2. The molecule has 1 amide bonds. The molecule has 0 aliphatic heterocycles. The van der Waals surface area contributed by atoms with Crippen molar-refractivity contribution in [2.75, 3.05) is 14.2 Å². The lowest BCUT2D eigenvalue weighted by Gasteiger charge is -2.49. The number of hydrogen-bond acceptors (Lipinski definition) is 9. The van der Waals surface area contributed by atoms with Crippen molar-refractivity contribution >= 4 is 28.2 Å². The van der Waals surface area contributed by atoms with E-state index in [4.69, 9.17) is 15.2 Å². The van der Waals surface area contributed by atoms with Crippen molar-refractivity contribution in [2.45, 2.75) is 63.6 Å². The molecule has 0 heterocycles. The Bertz CT molecular complexity index is 1680. The van der Waals surface area contributed by atoms with Crippen LogP contribution in [0.2, 0.25) is 0 Å². The third-order valence-corrected chi connectivity index (χ3v) is 10.3. The molecule has 6 N–H and O–H groups in total. The first-order chi connectivity index (χ1) is 19.2. The number of fused-ring (bicyclic) bond motifs is 4. The van der Waals surface area contributed by atoms with Crippen molar-refractivity contribution in [3.63, 3.8) is 0 Å². The van der Waals surface area contributed by atoms with Crippen molar-refractivity contribution in [3.8, 4) is 17.2 Å². The van der Waals surface area contributed by atoms with E-state index in [0.29, 0.717) is 23.1 Å². The quantitative estimate of drug-likeness (QED) is 0.277. The van der Waals surface area contributed by atoms with E-state index >= 15 is 0 Å². The molecule has 0 fully saturated rings. The van der Waals surface area contributed by atoms with Gasteiger partial charge in [0, 0.05) is 41.9 Å². The molecule has 2 aromatic carbocycles. The van der Waals surface area contributed by atoms with Gasteiger partial charge in [-0.15, -0.1) is 0 Å². The molecule has 216 valence electrons. The van der Waals surface area contributed by atoms with Crippen LogP contribution in [0.15, 0.2) is 29.0 Å². The first-order valence-corrected chi connectivity index (χ1v) is 13.6. The molecule has 1 spiro atoms. The topological polar surface area (TPSA) is 177 Å². The highest BCUT2D eigenvalue weighted by Crippen LogP contribution is 2.66. The molecule has 0 unspecified atom stereocenters. The average Bonchev–Trinajstić information content (AvgIpc) is 3.26. The maximum absolute atomic E-state index is 14.2. The molecule has 41 heavy (non-hydrogen) atoms. The van der Waals surface area contributed by atoms with E-state index in [0.717, 1.165) is 24.0 Å². The number of ketones is 2. The number of ether oxygens (including phenoxy) is 2. The number of rotatable bonds is 3. The highest BCUT2D eigenvalue weighted by molar-refractivity contribution is 6.23. The van der Waals surface area contributed by atoms with Crippen molar-refractivity contribution in [1.29, 1.82) is 0 Å². The molecule has 10 heteroatoms. The minimum Gasteiger partial charge on any atom is -0.508 e. The molecule has 0 radical (unpaired) electrons. The maximum atomic E-state index is 14.2. The summed E-state index contributed by atoms with van der Waals surface area (Å²) in [6.45, 7) is 6.36. The number of amides is 1. The van der Waals surface area contributed by atoms with Gasteiger partial charge in [0.2, 0.25) is 5.78 Å². The molecule has 2 aromatic rings. The number of phenolic OH excluding ortho intramolecular Hbond substituents is 2. The summed E-state index contributed by atoms with van der Waals surface area (Å²) in [5, 5.41) is 46.3. The average molecular weight is 564 g/mol. The second kappa shape index (κ2) is 8.33. The highest BCUT2D eigenvalue weighted by atomic mass is 16.5. The van der Waals surface area contributed by atoms with Gasteiger partial charge >= 0.3 is 0 Å². The zero-order chi connectivity index (χ0) is 30.0. The SMILES string of the molecule is COc1cc(O)c2c(O)c3c(c4c2c1[C@]1(C4)C(C)=CCCC1(C)C)[C@H](OC)[C@H]1CC(=O)C(C(N)=O)=C(O)[C@@]1(O)C3=O. The molecule has 0 saturated heterocycles. The summed E-state index contributed by atoms with van der Waals surface area (Å²) in [6.07, 6.45) is 2.60. The van der Waals surface area contributed by atoms with Crippen LogP contribution in [-0.4, -0.2) is 57.7 Å². The van der Waals surface area contributed by atoms with E-state index in [2.05, 4.69) is 19.9 Å². The molecule has 4 aliphatic carbocycles. The number of Topliss-reactive ketones (excluding diaryl/α,β-unsaturated/α-hetero) is 2. The fourth-order valence-electron chi connectivity index (χ4n) is 8.35. The first kappa shape index (κ1) is 27.3. The summed E-state index contributed by atoms with van der Waals surface area (Å²) in [7, 11) is 2.86. The third-order valence-electron chi connectivity index (χ3n) is 10.3. The number of aliphatic hydroxyl groups is 2. The zero-order valence-corrected chi connectivity index (χ0v) is 23.5. The normalized spacial score (nSPS) is 30.0. The van der Waals surface area contributed by atoms with Gasteiger partial charge in [-0.3, -0.25) is 14.4 Å². The maximum Gasteiger partial charge on any atom is 0.255 e. The zero-order valence-electron chi connectivity index (χ0n) is 23.5. The van der Waals surface area contributed by atoms with Crippen LogP contribution in [0.3, 0.4) is 0 Å². The summed E-state index contributed by atoms with van der Waals surface area (Å²) >= 11 is 0. The second-order valence-corrected chi connectivity index (χ2v) is 12.3. The largest absolute Gasteiger partial charge is 0.508 e. The van der Waals surface area contributed by atoms with Crippen molar-refractivity contribution < 1.29 is 44.3 Å². The second-order valence-electron chi connectivity index (χ2n) is 12.3. The van der Waals surface area contributed by atoms with Gasteiger partial charge in [0.15, 0.2) is 11.4 Å². The van der Waals surface area contributed by atoms with Crippen LogP contribution >= 0.6 is 0 Å². The van der Waals surface area contributed by atoms with Crippen LogP contribution in [0.1, 0.15) is 73.2 Å². The molecule has 4 atom stereocenters. The van der Waals surface area contributed by atoms with Crippen molar-refractivity contribution in [2.24, 2.45) is 17.1 Å². The van der Waals surface area contributed by atoms with Gasteiger partial charge in [-0.05, 0) is 42.7 Å². The summed E-state index contributed by atoms with van der Waals surface area (Å²) in [5.41, 5.74) is 3.16. The number of aliphatic hydroxyl groups excluding tert-OH is 1. The number of primary amides is 1. The Kier molecular flexibility index (Phi) is 5.54. The number of carbonyl (C=O) groups is 3. The molecular formula is C31H33NO9. The van der Waals surface area contributed by atoms with Gasteiger partial charge in [-0.2, -0.15) is 0 Å². The lowest BCUT2D eigenvalue weighted by molar-refractivity contribution is -0.131. The van der Waals surface area contributed by atoms with E-state index in [-0.39, 0.29) is 27.7 Å². The monoisotopic (exact) mass is 563 g/mol. The summed E-state index contributed by atoms with van der Waals surface area (Å²) in [6, 6.07) is 1.42. The summed E-state index contributed by atoms with van der Waals surface area (Å²) in [4.78, 5) is 39.2. The molecule has 4 aliphatic rings. The predicted molar refractivity (Wildman–Crippen MR) is 147 cm³/mol. The minimum absolute atomic E-state index is 0.0105. The Balaban J connectivity index is 1.78. The van der Waals surface area contributed by atoms with Gasteiger partial charge in [0.05, 0.1) is 24.2 Å². The number of carbonyl (C=O) groups excluding carboxylic acids is 3. The van der Waals surface area contributed by atoms with E-state index < -0.39 is 64.0 Å². The fourth-order valence-corrected chi connectivity index (χ4v) is 8.35. The Morgan fingerprint density at radius 3 is 2.39 bits per heavy atom. The molecule has 6 rings (SSSR count). The highest BCUT2D eigenvalue weighted by Gasteiger charge is 2.64. The van der Waals surface area contributed by atoms with E-state index in [1.54, 1.807) is 0 Å². The number of methoxy groups -OCH3 is 2. The lowest BCUT2D eigenvalue weighted by atomic mass is 9.54. The molecular weight excluding hydrogens is 530 g/mol. The third kappa shape index (κ3) is 2.96.